The van der Waals surface area contributed by atoms with Crippen LogP contribution in [0.2, 0.25) is 0 Å². The molecule has 1 heterocycles. The van der Waals surface area contributed by atoms with Crippen molar-refractivity contribution in [2.45, 2.75) is 85.6 Å². The molecule has 0 amide bonds. The standard InChI is InChI=1S/C25H47N3O2/c1-7-8-13-28(6)15-23-14-26-27-24(23)22-9-11-25(12-10-22,18-29-16-20(2)3)19-30-17-21(4)5/h14,20-22H,7-13,15-19H2,1-6H3,(H,26,27). The lowest BCUT2D eigenvalue weighted by Crippen LogP contribution is -2.37. The molecule has 1 aliphatic carbocycles. The van der Waals surface area contributed by atoms with E-state index in [0.29, 0.717) is 17.8 Å². The monoisotopic (exact) mass is 421 g/mol. The van der Waals surface area contributed by atoms with Gasteiger partial charge in [0, 0.05) is 42.3 Å². The van der Waals surface area contributed by atoms with E-state index in [1.54, 1.807) is 0 Å². The van der Waals surface area contributed by atoms with Gasteiger partial charge in [0.1, 0.15) is 0 Å². The number of aromatic amines is 1. The van der Waals surface area contributed by atoms with Gasteiger partial charge >= 0.3 is 0 Å². The van der Waals surface area contributed by atoms with Crippen molar-refractivity contribution in [1.82, 2.24) is 15.1 Å². The number of unbranched alkanes of at least 4 members (excludes halogenated alkanes) is 1. The SMILES string of the molecule is CCCCN(C)Cc1cn[nH]c1C1CCC(COCC(C)C)(COCC(C)C)CC1. The van der Waals surface area contributed by atoms with Crippen LogP contribution in [0.15, 0.2) is 6.20 Å². The molecule has 0 aromatic carbocycles. The molecular weight excluding hydrogens is 374 g/mol. The predicted molar refractivity (Wildman–Crippen MR) is 125 cm³/mol. The lowest BCUT2D eigenvalue weighted by Gasteiger charge is -2.40. The maximum atomic E-state index is 6.13. The third-order valence-corrected chi connectivity index (χ3v) is 6.26. The van der Waals surface area contributed by atoms with Crippen LogP contribution >= 0.6 is 0 Å². The second-order valence-corrected chi connectivity index (χ2v) is 10.5. The Labute approximate surface area is 185 Å². The summed E-state index contributed by atoms with van der Waals surface area (Å²) >= 11 is 0. The van der Waals surface area contributed by atoms with Crippen molar-refractivity contribution in [3.05, 3.63) is 17.5 Å². The molecule has 5 nitrogen and oxygen atoms in total. The molecule has 1 aromatic heterocycles. The zero-order valence-electron chi connectivity index (χ0n) is 20.5. The van der Waals surface area contributed by atoms with E-state index in [2.05, 4.69) is 56.8 Å². The quantitative estimate of drug-likeness (QED) is 0.423. The first-order valence-electron chi connectivity index (χ1n) is 12.2. The summed E-state index contributed by atoms with van der Waals surface area (Å²) in [5.74, 6) is 1.73. The summed E-state index contributed by atoms with van der Waals surface area (Å²) in [5.41, 5.74) is 2.90. The Hall–Kier alpha value is -0.910. The summed E-state index contributed by atoms with van der Waals surface area (Å²) in [6.45, 7) is 16.6. The molecule has 0 radical (unpaired) electrons. The minimum atomic E-state index is 0.165. The van der Waals surface area contributed by atoms with E-state index in [0.717, 1.165) is 52.4 Å². The Bertz CT molecular complexity index is 561. The highest BCUT2D eigenvalue weighted by Crippen LogP contribution is 2.44. The lowest BCUT2D eigenvalue weighted by molar-refractivity contribution is -0.0542. The molecule has 30 heavy (non-hydrogen) atoms. The Morgan fingerprint density at radius 3 is 2.23 bits per heavy atom. The second-order valence-electron chi connectivity index (χ2n) is 10.5. The highest BCUT2D eigenvalue weighted by Gasteiger charge is 2.37. The zero-order chi connectivity index (χ0) is 22.0. The normalized spacial score (nSPS) is 17.5. The number of hydrogen-bond donors (Lipinski definition) is 1. The maximum absolute atomic E-state index is 6.13. The second kappa shape index (κ2) is 12.8. The fourth-order valence-electron chi connectivity index (χ4n) is 4.47. The van der Waals surface area contributed by atoms with Gasteiger partial charge in [-0.25, -0.2) is 0 Å². The zero-order valence-corrected chi connectivity index (χ0v) is 20.5. The molecule has 0 bridgehead atoms. The number of H-pyrrole nitrogens is 1. The minimum absolute atomic E-state index is 0.165. The van der Waals surface area contributed by atoms with E-state index < -0.39 is 0 Å². The van der Waals surface area contributed by atoms with Gasteiger partial charge in [-0.3, -0.25) is 5.10 Å². The lowest BCUT2D eigenvalue weighted by atomic mass is 9.70. The van der Waals surface area contributed by atoms with Gasteiger partial charge in [0.25, 0.3) is 0 Å². The molecule has 2 rings (SSSR count). The molecule has 5 heteroatoms. The van der Waals surface area contributed by atoms with E-state index in [9.17, 15) is 0 Å². The molecule has 1 fully saturated rings. The van der Waals surface area contributed by atoms with E-state index in [-0.39, 0.29) is 5.41 Å². The Morgan fingerprint density at radius 2 is 1.70 bits per heavy atom. The van der Waals surface area contributed by atoms with Crippen LogP contribution < -0.4 is 0 Å². The van der Waals surface area contributed by atoms with Crippen molar-refractivity contribution in [2.75, 3.05) is 40.0 Å². The van der Waals surface area contributed by atoms with E-state index in [1.165, 1.54) is 36.9 Å². The first-order chi connectivity index (χ1) is 14.3. The molecule has 0 spiro atoms. The third kappa shape index (κ3) is 8.32. The Balaban J connectivity index is 1.95. The van der Waals surface area contributed by atoms with Gasteiger partial charge in [-0.05, 0) is 57.5 Å². The maximum Gasteiger partial charge on any atom is 0.0544 e. The molecule has 0 saturated heterocycles. The molecule has 1 N–H and O–H groups in total. The van der Waals surface area contributed by atoms with Crippen LogP contribution in [0.25, 0.3) is 0 Å². The highest BCUT2D eigenvalue weighted by atomic mass is 16.5. The molecule has 0 unspecified atom stereocenters. The summed E-state index contributed by atoms with van der Waals surface area (Å²) in [5, 5.41) is 7.75. The third-order valence-electron chi connectivity index (χ3n) is 6.26. The summed E-state index contributed by atoms with van der Waals surface area (Å²) in [4.78, 5) is 2.42. The van der Waals surface area contributed by atoms with Crippen LogP contribution in [0.5, 0.6) is 0 Å². The van der Waals surface area contributed by atoms with Crippen LogP contribution in [0.3, 0.4) is 0 Å². The van der Waals surface area contributed by atoms with Gasteiger partial charge in [-0.15, -0.1) is 0 Å². The molecule has 0 atom stereocenters. The van der Waals surface area contributed by atoms with Crippen molar-refractivity contribution >= 4 is 0 Å². The summed E-state index contributed by atoms with van der Waals surface area (Å²) in [6, 6.07) is 0. The van der Waals surface area contributed by atoms with Gasteiger partial charge in [0.15, 0.2) is 0 Å². The predicted octanol–water partition coefficient (Wildman–Crippen LogP) is 5.63. The largest absolute Gasteiger partial charge is 0.381 e. The van der Waals surface area contributed by atoms with Gasteiger partial charge in [-0.2, -0.15) is 5.10 Å². The summed E-state index contributed by atoms with van der Waals surface area (Å²) in [7, 11) is 2.22. The van der Waals surface area contributed by atoms with E-state index in [1.807, 2.05) is 6.20 Å². The van der Waals surface area contributed by atoms with Crippen LogP contribution in [0.4, 0.5) is 0 Å². The van der Waals surface area contributed by atoms with Crippen molar-refractivity contribution in [1.29, 1.82) is 0 Å². The van der Waals surface area contributed by atoms with Gasteiger partial charge < -0.3 is 14.4 Å². The van der Waals surface area contributed by atoms with Gasteiger partial charge in [-0.1, -0.05) is 41.0 Å². The van der Waals surface area contributed by atoms with Crippen LogP contribution in [0.1, 0.15) is 90.3 Å². The van der Waals surface area contributed by atoms with Crippen LogP contribution in [-0.2, 0) is 16.0 Å². The van der Waals surface area contributed by atoms with Crippen molar-refractivity contribution in [3.8, 4) is 0 Å². The summed E-state index contributed by atoms with van der Waals surface area (Å²) in [6.07, 6.45) is 9.23. The number of nitrogens with zero attached hydrogens (tertiary/aromatic N) is 2. The number of nitrogens with one attached hydrogen (secondary N) is 1. The molecule has 1 aromatic rings. The average Bonchev–Trinajstić information content (AvgIpc) is 3.14. The topological polar surface area (TPSA) is 50.4 Å². The van der Waals surface area contributed by atoms with Crippen molar-refractivity contribution in [2.24, 2.45) is 17.3 Å². The fraction of sp³-hybridized carbons (Fsp3) is 0.880. The van der Waals surface area contributed by atoms with Gasteiger partial charge in [0.05, 0.1) is 19.4 Å². The van der Waals surface area contributed by atoms with Crippen molar-refractivity contribution < 1.29 is 9.47 Å². The molecule has 1 aliphatic rings. The van der Waals surface area contributed by atoms with Crippen molar-refractivity contribution in [3.63, 3.8) is 0 Å². The number of ether oxygens (including phenoxy) is 2. The summed E-state index contributed by atoms with van der Waals surface area (Å²) < 4.78 is 12.3. The smallest absolute Gasteiger partial charge is 0.0544 e. The fourth-order valence-corrected chi connectivity index (χ4v) is 4.47. The van der Waals surface area contributed by atoms with Crippen LogP contribution in [0, 0.1) is 17.3 Å². The van der Waals surface area contributed by atoms with Crippen LogP contribution in [-0.4, -0.2) is 55.1 Å². The molecule has 174 valence electrons. The van der Waals surface area contributed by atoms with E-state index >= 15 is 0 Å². The average molecular weight is 422 g/mol. The van der Waals surface area contributed by atoms with E-state index in [4.69, 9.17) is 9.47 Å². The first kappa shape index (κ1) is 25.4. The highest BCUT2D eigenvalue weighted by molar-refractivity contribution is 5.21. The Morgan fingerprint density at radius 1 is 1.10 bits per heavy atom. The first-order valence-corrected chi connectivity index (χ1v) is 12.2. The molecule has 0 aliphatic heterocycles. The van der Waals surface area contributed by atoms with Gasteiger partial charge in [0.2, 0.25) is 0 Å². The molecular formula is C25H47N3O2. The number of rotatable bonds is 14. The number of aromatic nitrogens is 2. The minimum Gasteiger partial charge on any atom is -0.381 e. The number of hydrogen-bond acceptors (Lipinski definition) is 4. The molecule has 1 saturated carbocycles. The Kier molecular flexibility index (Phi) is 10.8.